The fourth-order valence-electron chi connectivity index (χ4n) is 3.17. The molecule has 2 aromatic rings. The Hall–Kier alpha value is -1.68. The number of benzene rings is 1. The summed E-state index contributed by atoms with van der Waals surface area (Å²) < 4.78 is 0. The van der Waals surface area contributed by atoms with Crippen LogP contribution in [0.3, 0.4) is 0 Å². The molecule has 1 fully saturated rings. The van der Waals surface area contributed by atoms with Crippen LogP contribution >= 0.6 is 0 Å². The zero-order valence-corrected chi connectivity index (χ0v) is 12.8. The molecule has 4 nitrogen and oxygen atoms in total. The molecule has 21 heavy (non-hydrogen) atoms. The van der Waals surface area contributed by atoms with Crippen molar-refractivity contribution in [3.63, 3.8) is 0 Å². The molecule has 2 heterocycles. The van der Waals surface area contributed by atoms with E-state index in [0.29, 0.717) is 0 Å². The number of rotatable bonds is 5. The number of hydrogen-bond acceptors (Lipinski definition) is 4. The van der Waals surface area contributed by atoms with Gasteiger partial charge in [-0.2, -0.15) is 0 Å². The summed E-state index contributed by atoms with van der Waals surface area (Å²) in [6.07, 6.45) is 5.37. The minimum absolute atomic E-state index is 0.770. The van der Waals surface area contributed by atoms with Crippen LogP contribution in [0.1, 0.15) is 26.2 Å². The normalized spacial score (nSPS) is 16.2. The molecule has 3 rings (SSSR count). The van der Waals surface area contributed by atoms with Crippen molar-refractivity contribution >= 4 is 16.7 Å². The van der Waals surface area contributed by atoms with Gasteiger partial charge in [-0.3, -0.25) is 0 Å². The molecule has 1 aromatic heterocycles. The second-order valence-electron chi connectivity index (χ2n) is 5.85. The van der Waals surface area contributed by atoms with Crippen molar-refractivity contribution in [2.45, 2.75) is 26.2 Å². The maximum Gasteiger partial charge on any atom is 0.139 e. The van der Waals surface area contributed by atoms with Crippen molar-refractivity contribution < 1.29 is 0 Å². The predicted octanol–water partition coefficient (Wildman–Crippen LogP) is 2.85. The molecular weight excluding hydrogens is 260 g/mol. The Kier molecular flexibility index (Phi) is 4.65. The van der Waals surface area contributed by atoms with E-state index in [0.717, 1.165) is 49.9 Å². The minimum atomic E-state index is 0.770. The molecule has 0 radical (unpaired) electrons. The molecule has 1 aliphatic rings. The predicted molar refractivity (Wildman–Crippen MR) is 87.6 cm³/mol. The van der Waals surface area contributed by atoms with Gasteiger partial charge in [0.15, 0.2) is 0 Å². The number of hydrogen-bond donors (Lipinski definition) is 1. The Balaban J connectivity index is 1.87. The summed E-state index contributed by atoms with van der Waals surface area (Å²) in [5, 5.41) is 4.61. The number of fused-ring (bicyclic) bond motifs is 1. The van der Waals surface area contributed by atoms with Gasteiger partial charge in [0.05, 0.1) is 5.52 Å². The van der Waals surface area contributed by atoms with E-state index in [2.05, 4.69) is 45.3 Å². The second kappa shape index (κ2) is 6.85. The fraction of sp³-hybridized carbons (Fsp3) is 0.529. The number of aromatic nitrogens is 2. The van der Waals surface area contributed by atoms with Crippen molar-refractivity contribution in [2.75, 3.05) is 31.1 Å². The van der Waals surface area contributed by atoms with Crippen molar-refractivity contribution in [2.24, 2.45) is 5.92 Å². The zero-order chi connectivity index (χ0) is 14.5. The molecule has 4 heteroatoms. The first-order valence-electron chi connectivity index (χ1n) is 8.04. The molecule has 0 aliphatic carbocycles. The Bertz CT molecular complexity index is 573. The van der Waals surface area contributed by atoms with Gasteiger partial charge in [-0.15, -0.1) is 0 Å². The first kappa shape index (κ1) is 14.3. The molecule has 0 spiro atoms. The van der Waals surface area contributed by atoms with E-state index in [1.807, 2.05) is 6.07 Å². The van der Waals surface area contributed by atoms with E-state index in [1.54, 1.807) is 6.33 Å². The summed E-state index contributed by atoms with van der Waals surface area (Å²) in [5.41, 5.74) is 1.04. The van der Waals surface area contributed by atoms with Gasteiger partial charge in [0.25, 0.3) is 0 Å². The number of nitrogens with one attached hydrogen (secondary N) is 1. The highest BCUT2D eigenvalue weighted by Gasteiger charge is 2.19. The topological polar surface area (TPSA) is 41.0 Å². The van der Waals surface area contributed by atoms with E-state index in [9.17, 15) is 0 Å². The molecule has 1 N–H and O–H groups in total. The highest BCUT2D eigenvalue weighted by molar-refractivity contribution is 5.89. The molecule has 0 bridgehead atoms. The van der Waals surface area contributed by atoms with Gasteiger partial charge in [0.2, 0.25) is 0 Å². The van der Waals surface area contributed by atoms with Gasteiger partial charge < -0.3 is 10.2 Å². The van der Waals surface area contributed by atoms with Crippen LogP contribution in [0, 0.1) is 5.92 Å². The van der Waals surface area contributed by atoms with E-state index >= 15 is 0 Å². The van der Waals surface area contributed by atoms with Gasteiger partial charge >= 0.3 is 0 Å². The third kappa shape index (κ3) is 3.32. The zero-order valence-electron chi connectivity index (χ0n) is 12.8. The molecular formula is C17H24N4. The first-order valence-corrected chi connectivity index (χ1v) is 8.04. The number of anilines is 1. The van der Waals surface area contributed by atoms with Crippen LogP contribution in [-0.2, 0) is 0 Å². The molecule has 1 aromatic carbocycles. The first-order chi connectivity index (χ1) is 10.4. The summed E-state index contributed by atoms with van der Waals surface area (Å²) in [5.74, 6) is 1.87. The van der Waals surface area contributed by atoms with Crippen molar-refractivity contribution in [3.8, 4) is 0 Å². The van der Waals surface area contributed by atoms with Crippen molar-refractivity contribution in [1.29, 1.82) is 0 Å². The SMILES string of the molecule is CCCN(CC1CCNCC1)c1ncnc2ccccc12. The fourth-order valence-corrected chi connectivity index (χ4v) is 3.17. The number of nitrogens with zero attached hydrogens (tertiary/aromatic N) is 3. The highest BCUT2D eigenvalue weighted by Crippen LogP contribution is 2.25. The van der Waals surface area contributed by atoms with Crippen LogP contribution in [0.2, 0.25) is 0 Å². The third-order valence-electron chi connectivity index (χ3n) is 4.25. The lowest BCUT2D eigenvalue weighted by molar-refractivity contribution is 0.373. The molecule has 0 amide bonds. The summed E-state index contributed by atoms with van der Waals surface area (Å²) in [4.78, 5) is 11.4. The quantitative estimate of drug-likeness (QED) is 0.916. The van der Waals surface area contributed by atoms with E-state index in [-0.39, 0.29) is 0 Å². The summed E-state index contributed by atoms with van der Waals surface area (Å²) >= 11 is 0. The lowest BCUT2D eigenvalue weighted by Gasteiger charge is -2.31. The van der Waals surface area contributed by atoms with Crippen LogP contribution in [0.15, 0.2) is 30.6 Å². The van der Waals surface area contributed by atoms with Crippen LogP contribution < -0.4 is 10.2 Å². The Morgan fingerprint density at radius 1 is 1.19 bits per heavy atom. The maximum atomic E-state index is 4.59. The van der Waals surface area contributed by atoms with Gasteiger partial charge in [-0.05, 0) is 50.4 Å². The van der Waals surface area contributed by atoms with Crippen molar-refractivity contribution in [3.05, 3.63) is 30.6 Å². The molecule has 0 atom stereocenters. The van der Waals surface area contributed by atoms with Gasteiger partial charge in [-0.1, -0.05) is 19.1 Å². The molecule has 0 unspecified atom stereocenters. The van der Waals surface area contributed by atoms with E-state index in [4.69, 9.17) is 0 Å². The Morgan fingerprint density at radius 3 is 2.81 bits per heavy atom. The van der Waals surface area contributed by atoms with E-state index < -0.39 is 0 Å². The molecule has 1 saturated heterocycles. The molecule has 112 valence electrons. The van der Waals surface area contributed by atoms with Gasteiger partial charge in [-0.25, -0.2) is 9.97 Å². The summed E-state index contributed by atoms with van der Waals surface area (Å²) in [7, 11) is 0. The van der Waals surface area contributed by atoms with E-state index in [1.165, 1.54) is 18.2 Å². The largest absolute Gasteiger partial charge is 0.356 e. The van der Waals surface area contributed by atoms with Crippen LogP contribution in [0.5, 0.6) is 0 Å². The van der Waals surface area contributed by atoms with Crippen LogP contribution in [-0.4, -0.2) is 36.1 Å². The monoisotopic (exact) mass is 284 g/mol. The average molecular weight is 284 g/mol. The summed E-state index contributed by atoms with van der Waals surface area (Å²) in [6, 6.07) is 8.31. The van der Waals surface area contributed by atoms with Gasteiger partial charge in [0.1, 0.15) is 12.1 Å². The minimum Gasteiger partial charge on any atom is -0.356 e. The maximum absolute atomic E-state index is 4.59. The Labute approximate surface area is 126 Å². The lowest BCUT2D eigenvalue weighted by atomic mass is 9.97. The average Bonchev–Trinajstić information content (AvgIpc) is 2.55. The number of para-hydroxylation sites is 1. The third-order valence-corrected chi connectivity index (χ3v) is 4.25. The molecule has 1 aliphatic heterocycles. The van der Waals surface area contributed by atoms with Crippen molar-refractivity contribution in [1.82, 2.24) is 15.3 Å². The standard InChI is InChI=1S/C17H24N4/c1-2-11-21(12-14-7-9-18-10-8-14)17-15-5-3-4-6-16(15)19-13-20-17/h3-6,13-14,18H,2,7-12H2,1H3. The molecule has 0 saturated carbocycles. The van der Waals surface area contributed by atoms with Crippen LogP contribution in [0.25, 0.3) is 10.9 Å². The smallest absolute Gasteiger partial charge is 0.139 e. The summed E-state index contributed by atoms with van der Waals surface area (Å²) in [6.45, 7) is 6.70. The highest BCUT2D eigenvalue weighted by atomic mass is 15.2. The Morgan fingerprint density at radius 2 is 2.00 bits per heavy atom. The number of piperidine rings is 1. The van der Waals surface area contributed by atoms with Crippen LogP contribution in [0.4, 0.5) is 5.82 Å². The lowest BCUT2D eigenvalue weighted by Crippen LogP contribution is -2.37. The van der Waals surface area contributed by atoms with Gasteiger partial charge in [0, 0.05) is 18.5 Å². The second-order valence-corrected chi connectivity index (χ2v) is 5.85.